The van der Waals surface area contributed by atoms with E-state index in [1.165, 1.54) is 19.3 Å². The second kappa shape index (κ2) is 6.01. The van der Waals surface area contributed by atoms with Crippen molar-refractivity contribution in [3.8, 4) is 0 Å². The Balaban J connectivity index is 1.36. The van der Waals surface area contributed by atoms with Crippen molar-refractivity contribution in [2.75, 3.05) is 18.0 Å². The monoisotopic (exact) mass is 319 g/mol. The molecule has 6 heteroatoms. The van der Waals surface area contributed by atoms with Gasteiger partial charge in [0, 0.05) is 23.9 Å². The van der Waals surface area contributed by atoms with Crippen LogP contribution in [0.1, 0.15) is 54.9 Å². The topological polar surface area (TPSA) is 62.4 Å². The van der Waals surface area contributed by atoms with Crippen LogP contribution in [0, 0.1) is 5.92 Å². The Hall–Kier alpha value is -1.40. The van der Waals surface area contributed by atoms with E-state index in [-0.39, 0.29) is 6.10 Å². The van der Waals surface area contributed by atoms with Crippen molar-refractivity contribution in [2.45, 2.75) is 44.1 Å². The highest BCUT2D eigenvalue weighted by atomic mass is 32.1. The number of aromatic nitrogens is 2. The second-order valence-electron chi connectivity index (χ2n) is 6.34. The van der Waals surface area contributed by atoms with Crippen molar-refractivity contribution < 1.29 is 9.52 Å². The Morgan fingerprint density at radius 3 is 2.68 bits per heavy atom. The third-order valence-corrected chi connectivity index (χ3v) is 5.92. The summed E-state index contributed by atoms with van der Waals surface area (Å²) in [7, 11) is 0. The summed E-state index contributed by atoms with van der Waals surface area (Å²) in [5.74, 6) is 1.62. The molecule has 1 N–H and O–H groups in total. The molecule has 2 aromatic rings. The highest BCUT2D eigenvalue weighted by molar-refractivity contribution is 7.10. The largest absolute Gasteiger partial charge is 0.408 e. The van der Waals surface area contributed by atoms with Gasteiger partial charge in [-0.2, -0.15) is 0 Å². The van der Waals surface area contributed by atoms with Gasteiger partial charge in [0.05, 0.1) is 6.10 Å². The molecule has 0 amide bonds. The summed E-state index contributed by atoms with van der Waals surface area (Å²) >= 11 is 1.63. The first-order valence-electron chi connectivity index (χ1n) is 8.11. The summed E-state index contributed by atoms with van der Waals surface area (Å²) in [6.45, 7) is 1.75. The van der Waals surface area contributed by atoms with Gasteiger partial charge in [0.2, 0.25) is 5.89 Å². The first kappa shape index (κ1) is 14.2. The quantitative estimate of drug-likeness (QED) is 0.936. The van der Waals surface area contributed by atoms with Crippen molar-refractivity contribution in [3.63, 3.8) is 0 Å². The minimum Gasteiger partial charge on any atom is -0.408 e. The third-order valence-electron chi connectivity index (χ3n) is 4.98. The maximum absolute atomic E-state index is 10.4. The molecule has 0 radical (unpaired) electrons. The molecule has 3 heterocycles. The number of aliphatic hydroxyl groups excluding tert-OH is 1. The molecule has 1 atom stereocenters. The Labute approximate surface area is 134 Å². The number of aliphatic hydroxyl groups is 1. The fraction of sp³-hybridized carbons (Fsp3) is 0.625. The molecule has 1 aliphatic heterocycles. The van der Waals surface area contributed by atoms with E-state index < -0.39 is 0 Å². The summed E-state index contributed by atoms with van der Waals surface area (Å²) in [6.07, 6.45) is 5.21. The fourth-order valence-electron chi connectivity index (χ4n) is 3.27. The Bertz CT molecular complexity index is 601. The molecule has 0 aromatic carbocycles. The summed E-state index contributed by atoms with van der Waals surface area (Å²) in [5, 5.41) is 20.9. The van der Waals surface area contributed by atoms with Crippen LogP contribution in [0.25, 0.3) is 0 Å². The lowest BCUT2D eigenvalue weighted by atomic mass is 9.85. The summed E-state index contributed by atoms with van der Waals surface area (Å²) in [5.41, 5.74) is 0. The molecular formula is C16H21N3O2S. The first-order chi connectivity index (χ1) is 10.8. The second-order valence-corrected chi connectivity index (χ2v) is 7.31. The molecule has 1 saturated heterocycles. The van der Waals surface area contributed by atoms with E-state index in [0.29, 0.717) is 17.9 Å². The molecule has 5 nitrogen and oxygen atoms in total. The van der Waals surface area contributed by atoms with E-state index in [9.17, 15) is 5.11 Å². The van der Waals surface area contributed by atoms with Crippen molar-refractivity contribution in [3.05, 3.63) is 28.3 Å². The van der Waals surface area contributed by atoms with Gasteiger partial charge < -0.3 is 14.4 Å². The average Bonchev–Trinajstić information content (AvgIpc) is 3.17. The molecule has 2 aliphatic rings. The number of hydrogen-bond donors (Lipinski definition) is 1. The van der Waals surface area contributed by atoms with Crippen LogP contribution in [0.2, 0.25) is 0 Å². The number of hydrogen-bond acceptors (Lipinski definition) is 6. The Morgan fingerprint density at radius 1 is 1.23 bits per heavy atom. The van der Waals surface area contributed by atoms with Crippen molar-refractivity contribution >= 4 is 17.4 Å². The molecule has 2 aromatic heterocycles. The summed E-state index contributed by atoms with van der Waals surface area (Å²) < 4.78 is 5.84. The van der Waals surface area contributed by atoms with Crippen LogP contribution in [0.4, 0.5) is 6.01 Å². The van der Waals surface area contributed by atoms with E-state index in [1.807, 2.05) is 17.5 Å². The molecule has 22 heavy (non-hydrogen) atoms. The van der Waals surface area contributed by atoms with Gasteiger partial charge in [0.15, 0.2) is 0 Å². The molecule has 2 fully saturated rings. The predicted octanol–water partition coefficient (Wildman–Crippen LogP) is 3.35. The van der Waals surface area contributed by atoms with Crippen LogP contribution in [0.5, 0.6) is 0 Å². The zero-order valence-electron chi connectivity index (χ0n) is 12.5. The number of nitrogens with zero attached hydrogens (tertiary/aromatic N) is 3. The lowest BCUT2D eigenvalue weighted by Gasteiger charge is -2.32. The highest BCUT2D eigenvalue weighted by Gasteiger charge is 2.30. The molecule has 1 saturated carbocycles. The maximum Gasteiger partial charge on any atom is 0.318 e. The minimum absolute atomic E-state index is 0.323. The van der Waals surface area contributed by atoms with Crippen LogP contribution in [-0.4, -0.2) is 28.4 Å². The summed E-state index contributed by atoms with van der Waals surface area (Å²) in [6, 6.07) is 4.68. The van der Waals surface area contributed by atoms with Crippen molar-refractivity contribution in [1.82, 2.24) is 10.2 Å². The van der Waals surface area contributed by atoms with Gasteiger partial charge in [-0.05, 0) is 43.0 Å². The van der Waals surface area contributed by atoms with Crippen molar-refractivity contribution in [2.24, 2.45) is 5.92 Å². The maximum atomic E-state index is 10.4. The zero-order valence-corrected chi connectivity index (χ0v) is 13.3. The van der Waals surface area contributed by atoms with Gasteiger partial charge in [0.1, 0.15) is 0 Å². The first-order valence-corrected chi connectivity index (χ1v) is 8.99. The number of rotatable bonds is 4. The van der Waals surface area contributed by atoms with E-state index in [2.05, 4.69) is 15.1 Å². The smallest absolute Gasteiger partial charge is 0.318 e. The molecule has 0 bridgehead atoms. The van der Waals surface area contributed by atoms with Crippen LogP contribution in [0.3, 0.4) is 0 Å². The van der Waals surface area contributed by atoms with Gasteiger partial charge in [-0.15, -0.1) is 16.4 Å². The van der Waals surface area contributed by atoms with E-state index in [0.717, 1.165) is 36.7 Å². The molecule has 0 unspecified atom stereocenters. The van der Waals surface area contributed by atoms with Gasteiger partial charge in [-0.1, -0.05) is 17.6 Å². The molecular weight excluding hydrogens is 298 g/mol. The zero-order chi connectivity index (χ0) is 14.9. The molecule has 118 valence electrons. The lowest BCUT2D eigenvalue weighted by Crippen LogP contribution is -2.35. The Morgan fingerprint density at radius 2 is 2.05 bits per heavy atom. The summed E-state index contributed by atoms with van der Waals surface area (Å²) in [4.78, 5) is 3.23. The predicted molar refractivity (Wildman–Crippen MR) is 85.1 cm³/mol. The minimum atomic E-state index is -0.338. The third kappa shape index (κ3) is 2.65. The van der Waals surface area contributed by atoms with Gasteiger partial charge in [-0.25, -0.2) is 0 Å². The highest BCUT2D eigenvalue weighted by Crippen LogP contribution is 2.37. The lowest BCUT2D eigenvalue weighted by molar-refractivity contribution is 0.0954. The SMILES string of the molecule is O[C@@H](c1cccs1)C1CCN(c2nnc(C3CCC3)o2)CC1. The van der Waals surface area contributed by atoms with Crippen LogP contribution >= 0.6 is 11.3 Å². The van der Waals surface area contributed by atoms with Crippen LogP contribution in [-0.2, 0) is 0 Å². The number of anilines is 1. The van der Waals surface area contributed by atoms with Crippen LogP contribution < -0.4 is 4.90 Å². The van der Waals surface area contributed by atoms with E-state index >= 15 is 0 Å². The molecule has 0 spiro atoms. The number of thiophene rings is 1. The molecule has 1 aliphatic carbocycles. The van der Waals surface area contributed by atoms with E-state index in [1.54, 1.807) is 11.3 Å². The van der Waals surface area contributed by atoms with Gasteiger partial charge >= 0.3 is 6.01 Å². The number of piperidine rings is 1. The van der Waals surface area contributed by atoms with E-state index in [4.69, 9.17) is 4.42 Å². The molecule has 4 rings (SSSR count). The van der Waals surface area contributed by atoms with Crippen LogP contribution in [0.15, 0.2) is 21.9 Å². The fourth-order valence-corrected chi connectivity index (χ4v) is 4.08. The Kier molecular flexibility index (Phi) is 3.88. The van der Waals surface area contributed by atoms with Gasteiger partial charge in [-0.3, -0.25) is 0 Å². The normalized spacial score (nSPS) is 21.8. The van der Waals surface area contributed by atoms with Gasteiger partial charge in [0.25, 0.3) is 0 Å². The van der Waals surface area contributed by atoms with Crippen molar-refractivity contribution in [1.29, 1.82) is 0 Å². The average molecular weight is 319 g/mol. The standard InChI is InChI=1S/C16H21N3O2S/c20-14(13-5-2-10-22-13)11-6-8-19(9-7-11)16-18-17-15(21-16)12-3-1-4-12/h2,5,10-12,14,20H,1,3-4,6-9H2/t14-/m1/s1.